The lowest BCUT2D eigenvalue weighted by molar-refractivity contribution is -0.870. The van der Waals surface area contributed by atoms with Crippen molar-refractivity contribution in [1.29, 1.82) is 0 Å². The number of rotatable bonds is 49. The molecule has 0 fully saturated rings. The number of nitrogens with one attached hydrogen (secondary N) is 1. The highest BCUT2D eigenvalue weighted by Crippen LogP contribution is 2.38. The molecule has 0 aromatic heterocycles. The summed E-state index contributed by atoms with van der Waals surface area (Å²) >= 11 is 0. The number of amides is 1. The third kappa shape index (κ3) is 51.4. The molecule has 406 valence electrons. The third-order valence-electron chi connectivity index (χ3n) is 11.7. The molecule has 9 nitrogen and oxygen atoms in total. The number of allylic oxidation sites excluding steroid dienone is 17. The van der Waals surface area contributed by atoms with Gasteiger partial charge < -0.3 is 28.5 Å². The van der Waals surface area contributed by atoms with Crippen LogP contribution in [0.5, 0.6) is 0 Å². The van der Waals surface area contributed by atoms with E-state index in [-0.39, 0.29) is 25.4 Å². The van der Waals surface area contributed by atoms with Crippen molar-refractivity contribution in [3.63, 3.8) is 0 Å². The number of likely N-dealkylation sites (N-methyl/N-ethyl adjacent to an activating group) is 1. The Morgan fingerprint density at radius 3 is 1.38 bits per heavy atom. The van der Waals surface area contributed by atoms with Gasteiger partial charge in [-0.15, -0.1) is 0 Å². The molecule has 0 saturated carbocycles. The molecule has 0 aliphatic rings. The van der Waals surface area contributed by atoms with Gasteiger partial charge in [0.15, 0.2) is 0 Å². The van der Waals surface area contributed by atoms with Crippen LogP contribution in [0, 0.1) is 0 Å². The van der Waals surface area contributed by atoms with Gasteiger partial charge in [-0.1, -0.05) is 214 Å². The lowest BCUT2D eigenvalue weighted by Gasteiger charge is -2.30. The first-order valence-electron chi connectivity index (χ1n) is 28.2. The highest BCUT2D eigenvalue weighted by molar-refractivity contribution is 7.45. The minimum absolute atomic E-state index is 0.0406. The van der Waals surface area contributed by atoms with Gasteiger partial charge in [-0.25, -0.2) is 0 Å². The number of phosphoric ester groups is 1. The molecule has 0 spiro atoms. The molecular weight excluding hydrogens is 904 g/mol. The fraction of sp³-hybridized carbons (Fsp3) is 0.672. The Kier molecular flexibility index (Phi) is 47.9. The maximum Gasteiger partial charge on any atom is 0.306 e. The number of hydrogen-bond acceptors (Lipinski definition) is 7. The van der Waals surface area contributed by atoms with Gasteiger partial charge in [-0.3, -0.25) is 14.2 Å². The van der Waals surface area contributed by atoms with Crippen molar-refractivity contribution in [2.24, 2.45) is 0 Å². The zero-order chi connectivity index (χ0) is 52.2. The number of carbonyl (C=O) groups is 2. The number of unbranched alkanes of at least 4 members (excludes halogenated alkanes) is 17. The van der Waals surface area contributed by atoms with Crippen molar-refractivity contribution in [2.75, 3.05) is 40.9 Å². The molecule has 0 aliphatic heterocycles. The third-order valence-corrected chi connectivity index (χ3v) is 12.7. The minimum Gasteiger partial charge on any atom is -0.756 e. The molecule has 10 heteroatoms. The summed E-state index contributed by atoms with van der Waals surface area (Å²) in [5, 5.41) is 2.99. The smallest absolute Gasteiger partial charge is 0.306 e. The Hall–Kier alpha value is -3.33. The Bertz CT molecular complexity index is 1580. The molecule has 3 atom stereocenters. The average Bonchev–Trinajstić information content (AvgIpc) is 3.33. The number of phosphoric acid groups is 1. The second-order valence-corrected chi connectivity index (χ2v) is 21.1. The van der Waals surface area contributed by atoms with E-state index in [0.29, 0.717) is 23.9 Å². The summed E-state index contributed by atoms with van der Waals surface area (Å²) in [6.45, 7) is 6.54. The minimum atomic E-state index is -4.72. The van der Waals surface area contributed by atoms with Crippen LogP contribution >= 0.6 is 7.82 Å². The van der Waals surface area contributed by atoms with Gasteiger partial charge in [0.25, 0.3) is 7.82 Å². The van der Waals surface area contributed by atoms with Crippen molar-refractivity contribution in [2.45, 2.75) is 226 Å². The maximum atomic E-state index is 13.5. The number of nitrogens with zero attached hydrogens (tertiary/aromatic N) is 1. The van der Waals surface area contributed by atoms with Gasteiger partial charge in [-0.05, 0) is 96.0 Å². The van der Waals surface area contributed by atoms with Crippen LogP contribution in [0.15, 0.2) is 109 Å². The molecule has 0 rings (SSSR count). The normalized spacial score (nSPS) is 14.6. The van der Waals surface area contributed by atoms with E-state index in [4.69, 9.17) is 13.8 Å². The van der Waals surface area contributed by atoms with E-state index in [9.17, 15) is 19.0 Å². The van der Waals surface area contributed by atoms with Crippen molar-refractivity contribution >= 4 is 19.7 Å². The van der Waals surface area contributed by atoms with E-state index in [0.717, 1.165) is 96.3 Å². The SMILES string of the molecule is CC/C=C\C/C=C\C/C=C\C/C=C\C/C=C\C/C=C\CCC(=O)OC(/C=C/CCCCCCCCCCCC)C(COP(=O)([O-])OCC[N+](C)(C)C)NC(=O)CCCCCCCCC/C=C/C/C=C/CC. The molecule has 1 N–H and O–H groups in total. The predicted molar refractivity (Wildman–Crippen MR) is 302 cm³/mol. The quantitative estimate of drug-likeness (QED) is 0.0212. The van der Waals surface area contributed by atoms with Gasteiger partial charge in [-0.2, -0.15) is 0 Å². The Morgan fingerprint density at radius 1 is 0.507 bits per heavy atom. The molecule has 1 amide bonds. The second-order valence-electron chi connectivity index (χ2n) is 19.7. The number of quaternary nitrogens is 1. The van der Waals surface area contributed by atoms with Crippen LogP contribution in [0.25, 0.3) is 0 Å². The zero-order valence-electron chi connectivity index (χ0n) is 46.1. The molecule has 0 bridgehead atoms. The molecule has 0 radical (unpaired) electrons. The molecule has 0 aromatic carbocycles. The van der Waals surface area contributed by atoms with Crippen LogP contribution in [0.2, 0.25) is 0 Å². The van der Waals surface area contributed by atoms with E-state index in [1.54, 1.807) is 6.08 Å². The number of ether oxygens (including phenoxy) is 1. The first-order chi connectivity index (χ1) is 34.4. The molecule has 3 unspecified atom stereocenters. The molecular formula is C61H105N2O7P. The van der Waals surface area contributed by atoms with E-state index in [1.807, 2.05) is 39.4 Å². The highest BCUT2D eigenvalue weighted by Gasteiger charge is 2.27. The van der Waals surface area contributed by atoms with E-state index < -0.39 is 32.5 Å². The van der Waals surface area contributed by atoms with Crippen LogP contribution in [0.4, 0.5) is 0 Å². The Morgan fingerprint density at radius 2 is 0.915 bits per heavy atom. The van der Waals surface area contributed by atoms with Crippen molar-refractivity contribution in [3.8, 4) is 0 Å². The molecule has 0 heterocycles. The van der Waals surface area contributed by atoms with Gasteiger partial charge >= 0.3 is 5.97 Å². The monoisotopic (exact) mass is 1010 g/mol. The Balaban J connectivity index is 5.49. The summed E-state index contributed by atoms with van der Waals surface area (Å²) in [4.78, 5) is 39.8. The van der Waals surface area contributed by atoms with Crippen LogP contribution in [0.1, 0.15) is 213 Å². The van der Waals surface area contributed by atoms with Crippen LogP contribution in [0.3, 0.4) is 0 Å². The summed E-state index contributed by atoms with van der Waals surface area (Å²) in [7, 11) is 1.12. The lowest BCUT2D eigenvalue weighted by atomic mass is 10.0. The summed E-state index contributed by atoms with van der Waals surface area (Å²) in [5.74, 6) is -0.657. The fourth-order valence-electron chi connectivity index (χ4n) is 7.41. The van der Waals surface area contributed by atoms with Crippen molar-refractivity contribution in [1.82, 2.24) is 5.32 Å². The molecule has 0 saturated heterocycles. The van der Waals surface area contributed by atoms with Crippen LogP contribution in [-0.4, -0.2) is 69.4 Å². The largest absolute Gasteiger partial charge is 0.756 e. The number of hydrogen-bond donors (Lipinski definition) is 1. The first kappa shape index (κ1) is 67.7. The van der Waals surface area contributed by atoms with Gasteiger partial charge in [0.05, 0.1) is 33.8 Å². The molecule has 0 aromatic rings. The van der Waals surface area contributed by atoms with Crippen molar-refractivity contribution in [3.05, 3.63) is 109 Å². The summed E-state index contributed by atoms with van der Waals surface area (Å²) < 4.78 is 30.1. The second kappa shape index (κ2) is 50.2. The zero-order valence-corrected chi connectivity index (χ0v) is 47.0. The first-order valence-corrected chi connectivity index (χ1v) is 29.7. The van der Waals surface area contributed by atoms with Crippen LogP contribution in [-0.2, 0) is 27.9 Å². The summed E-state index contributed by atoms with van der Waals surface area (Å²) in [6, 6.07) is -0.928. The van der Waals surface area contributed by atoms with Crippen molar-refractivity contribution < 1.29 is 37.3 Å². The topological polar surface area (TPSA) is 114 Å². The van der Waals surface area contributed by atoms with E-state index in [2.05, 4.69) is 111 Å². The summed E-state index contributed by atoms with van der Waals surface area (Å²) in [6.07, 6.45) is 67.8. The fourth-order valence-corrected chi connectivity index (χ4v) is 8.13. The van der Waals surface area contributed by atoms with E-state index >= 15 is 0 Å². The molecule has 71 heavy (non-hydrogen) atoms. The number of carbonyl (C=O) groups excluding carboxylic acids is 2. The van der Waals surface area contributed by atoms with Gasteiger partial charge in [0, 0.05) is 12.8 Å². The highest BCUT2D eigenvalue weighted by atomic mass is 31.2. The Labute approximate surface area is 436 Å². The lowest BCUT2D eigenvalue weighted by Crippen LogP contribution is -2.47. The maximum absolute atomic E-state index is 13.5. The average molecular weight is 1010 g/mol. The van der Waals surface area contributed by atoms with Gasteiger partial charge in [0.1, 0.15) is 19.3 Å². The van der Waals surface area contributed by atoms with Gasteiger partial charge in [0.2, 0.25) is 5.91 Å². The summed E-state index contributed by atoms with van der Waals surface area (Å²) in [5.41, 5.74) is 0. The number of esters is 1. The van der Waals surface area contributed by atoms with E-state index in [1.165, 1.54) is 70.6 Å². The standard InChI is InChI=1S/C61H105N2O7P/c1-7-10-13-16-19-22-25-28-30-31-32-33-34-36-39-42-45-48-51-54-61(65)70-59(52-49-46-43-40-37-27-24-21-18-15-12-9-3)58(57-69-71(66,67)68-56-55-63(4,5)6)62-60(64)53-50-47-44-41-38-35-29-26-23-20-17-14-11-8-2/h10-11,13-14,19-20,22-23,28,30,32-33,36,39,45,48-49,52,58-59H,7-9,12,15-18,21,24-27,29,31,34-35,37-38,40-44,46-47,50-51,53-57H2,1-6H3,(H-,62,64,66,67)/b13-10-,14-11+,22-19-,23-20+,30-28-,33-32-,39-36-,48-45-,52-49+. The molecule has 0 aliphatic carbocycles. The van der Waals surface area contributed by atoms with Crippen LogP contribution < -0.4 is 10.2 Å². The predicted octanol–water partition coefficient (Wildman–Crippen LogP) is 16.4.